The standard InChI is InChI=1S/C24H19ClFN7O3/c1-31-20-13-33(24(36)29-15-4-2-14(25)3-5-15)22(17(20)11-28-31)23(35)30-19-7-6-16(10-18(19)26)32-9-8-27-12-21(32)34/h2-12,22H,13H2,1H3,(H,29,36)(H,30,35). The van der Waals surface area contributed by atoms with Gasteiger partial charge in [0.05, 0.1) is 36.0 Å². The van der Waals surface area contributed by atoms with Crippen molar-refractivity contribution >= 4 is 34.9 Å². The van der Waals surface area contributed by atoms with Crippen LogP contribution in [-0.4, -0.2) is 36.2 Å². The maximum Gasteiger partial charge on any atom is 0.323 e. The van der Waals surface area contributed by atoms with Gasteiger partial charge in [-0.05, 0) is 36.4 Å². The van der Waals surface area contributed by atoms with Crippen LogP contribution in [0.5, 0.6) is 0 Å². The number of urea groups is 1. The Morgan fingerprint density at radius 3 is 2.61 bits per heavy atom. The largest absolute Gasteiger partial charge is 0.323 e. The molecule has 4 aromatic rings. The summed E-state index contributed by atoms with van der Waals surface area (Å²) in [6.45, 7) is 0.135. The van der Waals surface area contributed by atoms with Crippen LogP contribution in [0.1, 0.15) is 17.3 Å². The number of nitrogens with zero attached hydrogens (tertiary/aromatic N) is 5. The molecule has 2 N–H and O–H groups in total. The minimum atomic E-state index is -1.04. The number of amides is 3. The van der Waals surface area contributed by atoms with Crippen LogP contribution < -0.4 is 16.2 Å². The lowest BCUT2D eigenvalue weighted by Gasteiger charge is -2.25. The molecule has 0 saturated heterocycles. The van der Waals surface area contributed by atoms with Crippen LogP contribution in [-0.2, 0) is 18.4 Å². The van der Waals surface area contributed by atoms with E-state index in [1.807, 2.05) is 0 Å². The number of aromatic nitrogens is 4. The van der Waals surface area contributed by atoms with Crippen LogP contribution in [0.15, 0.2) is 72.0 Å². The molecular weight excluding hydrogens is 489 g/mol. The zero-order chi connectivity index (χ0) is 25.4. The molecule has 5 rings (SSSR count). The zero-order valence-corrected chi connectivity index (χ0v) is 19.6. The van der Waals surface area contributed by atoms with Gasteiger partial charge in [0.25, 0.3) is 11.5 Å². The molecule has 10 nitrogen and oxygen atoms in total. The second-order valence-corrected chi connectivity index (χ2v) is 8.51. The summed E-state index contributed by atoms with van der Waals surface area (Å²) < 4.78 is 17.7. The average molecular weight is 508 g/mol. The topological polar surface area (TPSA) is 114 Å². The second-order valence-electron chi connectivity index (χ2n) is 8.08. The monoisotopic (exact) mass is 507 g/mol. The molecule has 0 radical (unpaired) electrons. The van der Waals surface area contributed by atoms with Gasteiger partial charge in [-0.15, -0.1) is 0 Å². The summed E-state index contributed by atoms with van der Waals surface area (Å²) in [5, 5.41) is 10.0. The normalized spacial score (nSPS) is 14.4. The quantitative estimate of drug-likeness (QED) is 0.439. The van der Waals surface area contributed by atoms with Gasteiger partial charge in [0.15, 0.2) is 0 Å². The SMILES string of the molecule is Cn1ncc2c1CN(C(=O)Nc1ccc(Cl)cc1)C2C(=O)Nc1ccc(-n2ccncc2=O)cc1F. The number of carbonyl (C=O) groups excluding carboxylic acids is 2. The van der Waals surface area contributed by atoms with E-state index in [1.54, 1.807) is 36.0 Å². The van der Waals surface area contributed by atoms with Gasteiger partial charge in [0.1, 0.15) is 11.9 Å². The summed E-state index contributed by atoms with van der Waals surface area (Å²) in [6.07, 6.45) is 5.45. The van der Waals surface area contributed by atoms with E-state index in [-0.39, 0.29) is 17.9 Å². The zero-order valence-electron chi connectivity index (χ0n) is 18.9. The fourth-order valence-corrected chi connectivity index (χ4v) is 4.17. The van der Waals surface area contributed by atoms with Crippen LogP contribution in [0.2, 0.25) is 5.02 Å². The highest BCUT2D eigenvalue weighted by Gasteiger charge is 2.41. The molecule has 1 aliphatic rings. The lowest BCUT2D eigenvalue weighted by molar-refractivity contribution is -0.120. The molecule has 2 aromatic heterocycles. The lowest BCUT2D eigenvalue weighted by atomic mass is 10.1. The summed E-state index contributed by atoms with van der Waals surface area (Å²) in [6, 6.07) is 8.99. The van der Waals surface area contributed by atoms with Gasteiger partial charge in [-0.3, -0.25) is 23.8 Å². The van der Waals surface area contributed by atoms with Gasteiger partial charge >= 0.3 is 6.03 Å². The number of fused-ring (bicyclic) bond motifs is 1. The highest BCUT2D eigenvalue weighted by atomic mass is 35.5. The van der Waals surface area contributed by atoms with E-state index in [9.17, 15) is 18.8 Å². The fourth-order valence-electron chi connectivity index (χ4n) is 4.04. The number of hydrogen-bond acceptors (Lipinski definition) is 5. The van der Waals surface area contributed by atoms with E-state index < -0.39 is 29.4 Å². The van der Waals surface area contributed by atoms with Gasteiger partial charge in [-0.1, -0.05) is 11.6 Å². The summed E-state index contributed by atoms with van der Waals surface area (Å²) in [5.74, 6) is -1.35. The Hall–Kier alpha value is -4.51. The smallest absolute Gasteiger partial charge is 0.321 e. The van der Waals surface area contributed by atoms with Crippen LogP contribution in [0.4, 0.5) is 20.6 Å². The average Bonchev–Trinajstić information content (AvgIpc) is 3.42. The second kappa shape index (κ2) is 9.27. The summed E-state index contributed by atoms with van der Waals surface area (Å²) in [4.78, 5) is 43.5. The van der Waals surface area contributed by atoms with Crippen molar-refractivity contribution in [2.45, 2.75) is 12.6 Å². The van der Waals surface area contributed by atoms with Crippen molar-refractivity contribution < 1.29 is 14.0 Å². The first kappa shape index (κ1) is 23.2. The van der Waals surface area contributed by atoms with Gasteiger partial charge in [-0.25, -0.2) is 9.18 Å². The van der Waals surface area contributed by atoms with E-state index in [1.165, 1.54) is 40.2 Å². The number of hydrogen-bond donors (Lipinski definition) is 2. The molecule has 2 aromatic carbocycles. The van der Waals surface area contributed by atoms with Crippen molar-refractivity contribution in [2.24, 2.45) is 7.05 Å². The first-order valence-electron chi connectivity index (χ1n) is 10.8. The van der Waals surface area contributed by atoms with Gasteiger partial charge in [0.2, 0.25) is 0 Å². The number of halogens is 2. The Kier molecular flexibility index (Phi) is 5.98. The molecule has 1 unspecified atom stereocenters. The van der Waals surface area contributed by atoms with E-state index >= 15 is 0 Å². The molecule has 1 atom stereocenters. The number of aryl methyl sites for hydroxylation is 1. The predicted octanol–water partition coefficient (Wildman–Crippen LogP) is 3.49. The third kappa shape index (κ3) is 4.31. The fraction of sp³-hybridized carbons (Fsp3) is 0.125. The Morgan fingerprint density at radius 2 is 1.89 bits per heavy atom. The van der Waals surface area contributed by atoms with Crippen LogP contribution in [0.25, 0.3) is 5.69 Å². The van der Waals surface area contributed by atoms with Crippen LogP contribution in [0, 0.1) is 5.82 Å². The van der Waals surface area contributed by atoms with Gasteiger partial charge in [-0.2, -0.15) is 5.10 Å². The highest BCUT2D eigenvalue weighted by Crippen LogP contribution is 2.35. The van der Waals surface area contributed by atoms with E-state index in [4.69, 9.17) is 11.6 Å². The van der Waals surface area contributed by atoms with E-state index in [0.717, 1.165) is 12.3 Å². The summed E-state index contributed by atoms with van der Waals surface area (Å²) in [5.41, 5.74) is 1.49. The molecule has 0 aliphatic carbocycles. The first-order chi connectivity index (χ1) is 17.3. The molecule has 0 bridgehead atoms. The maximum absolute atomic E-state index is 14.9. The number of nitrogens with one attached hydrogen (secondary N) is 2. The van der Waals surface area contributed by atoms with Crippen molar-refractivity contribution in [3.63, 3.8) is 0 Å². The third-order valence-corrected chi connectivity index (χ3v) is 6.09. The van der Waals surface area contributed by atoms with E-state index in [0.29, 0.717) is 22.0 Å². The van der Waals surface area contributed by atoms with Crippen LogP contribution >= 0.6 is 11.6 Å². The number of carbonyl (C=O) groups is 2. The van der Waals surface area contributed by atoms with Crippen molar-refractivity contribution in [1.29, 1.82) is 0 Å². The van der Waals surface area contributed by atoms with Crippen molar-refractivity contribution in [2.75, 3.05) is 10.6 Å². The maximum atomic E-state index is 14.9. The molecule has 12 heteroatoms. The van der Waals surface area contributed by atoms with Gasteiger partial charge < -0.3 is 15.5 Å². The van der Waals surface area contributed by atoms with Crippen molar-refractivity contribution in [1.82, 2.24) is 24.2 Å². The summed E-state index contributed by atoms with van der Waals surface area (Å²) in [7, 11) is 1.72. The highest BCUT2D eigenvalue weighted by molar-refractivity contribution is 6.30. The number of benzene rings is 2. The molecule has 0 fully saturated rings. The Balaban J connectivity index is 1.40. The first-order valence-corrected chi connectivity index (χ1v) is 11.2. The molecule has 3 heterocycles. The van der Waals surface area contributed by atoms with Crippen molar-refractivity contribution in [3.05, 3.63) is 99.7 Å². The summed E-state index contributed by atoms with van der Waals surface area (Å²) >= 11 is 5.91. The lowest BCUT2D eigenvalue weighted by Crippen LogP contribution is -2.39. The van der Waals surface area contributed by atoms with Crippen LogP contribution in [0.3, 0.4) is 0 Å². The predicted molar refractivity (Wildman–Crippen MR) is 130 cm³/mol. The van der Waals surface area contributed by atoms with Crippen molar-refractivity contribution in [3.8, 4) is 5.69 Å². The molecule has 0 saturated carbocycles. The molecule has 182 valence electrons. The Bertz CT molecular complexity index is 1530. The Labute approximate surface area is 208 Å². The third-order valence-electron chi connectivity index (χ3n) is 5.84. The molecule has 0 spiro atoms. The Morgan fingerprint density at radius 1 is 1.11 bits per heavy atom. The number of rotatable bonds is 4. The number of anilines is 2. The molecule has 1 aliphatic heterocycles. The van der Waals surface area contributed by atoms with Gasteiger partial charge in [0, 0.05) is 41.8 Å². The van der Waals surface area contributed by atoms with E-state index in [2.05, 4.69) is 20.7 Å². The molecule has 36 heavy (non-hydrogen) atoms. The molecular formula is C24H19ClFN7O3. The molecule has 3 amide bonds. The minimum absolute atomic E-state index is 0.0961. The minimum Gasteiger partial charge on any atom is -0.321 e.